The minimum Gasteiger partial charge on any atom is -0.299 e. The highest BCUT2D eigenvalue weighted by atomic mass is 16.2. The third-order valence-electron chi connectivity index (χ3n) is 2.70. The van der Waals surface area contributed by atoms with Crippen molar-refractivity contribution >= 4 is 11.6 Å². The molecule has 0 spiro atoms. The monoisotopic (exact) mass is 178 g/mol. The van der Waals surface area contributed by atoms with E-state index in [1.165, 1.54) is 13.8 Å². The van der Waals surface area contributed by atoms with Crippen LogP contribution in [0.15, 0.2) is 24.3 Å². The molecule has 0 saturated heterocycles. The van der Waals surface area contributed by atoms with Gasteiger partial charge in [-0.25, -0.2) is 0 Å². The molecule has 0 bridgehead atoms. The van der Waals surface area contributed by atoms with Crippen molar-refractivity contribution in [2.24, 2.45) is 5.41 Å². The van der Waals surface area contributed by atoms with E-state index in [2.05, 4.69) is 6.58 Å². The summed E-state index contributed by atoms with van der Waals surface area (Å²) >= 11 is 0. The van der Waals surface area contributed by atoms with Crippen LogP contribution in [0.1, 0.15) is 26.7 Å². The van der Waals surface area contributed by atoms with Gasteiger partial charge in [-0.1, -0.05) is 24.3 Å². The van der Waals surface area contributed by atoms with Gasteiger partial charge in [0.1, 0.15) is 11.6 Å². The third kappa shape index (κ3) is 1.62. The fraction of sp³-hybridized carbons (Fsp3) is 0.455. The maximum absolute atomic E-state index is 11.4. The summed E-state index contributed by atoms with van der Waals surface area (Å²) in [7, 11) is 0. The number of carbonyl (C=O) groups is 2. The van der Waals surface area contributed by atoms with E-state index in [4.69, 9.17) is 0 Å². The van der Waals surface area contributed by atoms with Gasteiger partial charge in [-0.05, 0) is 26.7 Å². The minimum atomic E-state index is -0.814. The molecule has 0 unspecified atom stereocenters. The van der Waals surface area contributed by atoms with Gasteiger partial charge in [0.05, 0.1) is 5.41 Å². The molecule has 2 heteroatoms. The second-order valence-corrected chi connectivity index (χ2v) is 3.64. The Balaban J connectivity index is 3.07. The number of Topliss-reactive ketones (excluding diaryl/α,β-unsaturated/α-hetero) is 2. The largest absolute Gasteiger partial charge is 0.299 e. The van der Waals surface area contributed by atoms with Gasteiger partial charge in [-0.15, -0.1) is 0 Å². The topological polar surface area (TPSA) is 34.1 Å². The Labute approximate surface area is 78.3 Å². The van der Waals surface area contributed by atoms with Gasteiger partial charge in [-0.2, -0.15) is 0 Å². The smallest absolute Gasteiger partial charge is 0.143 e. The van der Waals surface area contributed by atoms with E-state index >= 15 is 0 Å². The zero-order valence-corrected chi connectivity index (χ0v) is 8.09. The molecule has 1 rings (SSSR count). The van der Waals surface area contributed by atoms with Crippen LogP contribution in [0, 0.1) is 5.41 Å². The van der Waals surface area contributed by atoms with Crippen LogP contribution in [0.3, 0.4) is 0 Å². The highest BCUT2D eigenvalue weighted by Gasteiger charge is 2.40. The number of allylic oxidation sites excluding steroid dienone is 3. The van der Waals surface area contributed by atoms with Crippen molar-refractivity contribution in [1.29, 1.82) is 0 Å². The molecule has 0 fully saturated rings. The van der Waals surface area contributed by atoms with E-state index < -0.39 is 5.41 Å². The van der Waals surface area contributed by atoms with Crippen LogP contribution in [0.25, 0.3) is 0 Å². The molecule has 1 aliphatic carbocycles. The number of hydrogen-bond donors (Lipinski definition) is 0. The summed E-state index contributed by atoms with van der Waals surface area (Å²) in [6.07, 6.45) is 4.74. The number of rotatable bonds is 2. The van der Waals surface area contributed by atoms with Crippen molar-refractivity contribution in [3.05, 3.63) is 24.3 Å². The molecular weight excluding hydrogens is 164 g/mol. The zero-order chi connectivity index (χ0) is 10.1. The van der Waals surface area contributed by atoms with E-state index in [1.807, 2.05) is 12.2 Å². The fourth-order valence-corrected chi connectivity index (χ4v) is 1.73. The Morgan fingerprint density at radius 2 is 1.92 bits per heavy atom. The van der Waals surface area contributed by atoms with Crippen molar-refractivity contribution in [3.63, 3.8) is 0 Å². The predicted molar refractivity (Wildman–Crippen MR) is 51.3 cm³/mol. The Bertz CT molecular complexity index is 283. The molecule has 0 saturated carbocycles. The average Bonchev–Trinajstić information content (AvgIpc) is 2.03. The van der Waals surface area contributed by atoms with Gasteiger partial charge in [0.15, 0.2) is 0 Å². The van der Waals surface area contributed by atoms with E-state index in [-0.39, 0.29) is 11.6 Å². The van der Waals surface area contributed by atoms with Gasteiger partial charge in [-0.3, -0.25) is 9.59 Å². The first-order valence-corrected chi connectivity index (χ1v) is 4.35. The fourth-order valence-electron chi connectivity index (χ4n) is 1.73. The first-order valence-electron chi connectivity index (χ1n) is 4.35. The number of ketones is 2. The SMILES string of the molecule is C=C1C=CCC(C(C)=O)(C(C)=O)C1. The van der Waals surface area contributed by atoms with E-state index in [1.54, 1.807) is 0 Å². The first-order chi connectivity index (χ1) is 5.99. The highest BCUT2D eigenvalue weighted by Crippen LogP contribution is 2.36. The van der Waals surface area contributed by atoms with Gasteiger partial charge in [0, 0.05) is 0 Å². The van der Waals surface area contributed by atoms with Gasteiger partial charge < -0.3 is 0 Å². The average molecular weight is 178 g/mol. The molecule has 13 heavy (non-hydrogen) atoms. The Hall–Kier alpha value is -1.18. The lowest BCUT2D eigenvalue weighted by atomic mass is 9.70. The second kappa shape index (κ2) is 3.29. The third-order valence-corrected chi connectivity index (χ3v) is 2.70. The summed E-state index contributed by atoms with van der Waals surface area (Å²) < 4.78 is 0. The van der Waals surface area contributed by atoms with Crippen LogP contribution < -0.4 is 0 Å². The first kappa shape index (κ1) is 9.90. The maximum atomic E-state index is 11.4. The lowest BCUT2D eigenvalue weighted by molar-refractivity contribution is -0.138. The minimum absolute atomic E-state index is 0.0505. The molecule has 0 aromatic rings. The number of carbonyl (C=O) groups excluding carboxylic acids is 2. The Morgan fingerprint density at radius 3 is 2.23 bits per heavy atom. The quantitative estimate of drug-likeness (QED) is 0.606. The summed E-state index contributed by atoms with van der Waals surface area (Å²) in [5, 5.41) is 0. The van der Waals surface area contributed by atoms with Crippen molar-refractivity contribution in [1.82, 2.24) is 0 Å². The molecule has 0 aromatic carbocycles. The summed E-state index contributed by atoms with van der Waals surface area (Å²) in [4.78, 5) is 22.8. The molecule has 0 atom stereocenters. The van der Waals surface area contributed by atoms with E-state index in [0.717, 1.165) is 5.57 Å². The highest BCUT2D eigenvalue weighted by molar-refractivity contribution is 6.05. The normalized spacial score (nSPS) is 20.0. The number of hydrogen-bond acceptors (Lipinski definition) is 2. The van der Waals surface area contributed by atoms with Crippen LogP contribution >= 0.6 is 0 Å². The van der Waals surface area contributed by atoms with Crippen molar-refractivity contribution in [2.75, 3.05) is 0 Å². The van der Waals surface area contributed by atoms with Gasteiger partial charge in [0.25, 0.3) is 0 Å². The second-order valence-electron chi connectivity index (χ2n) is 3.64. The van der Waals surface area contributed by atoms with E-state index in [9.17, 15) is 9.59 Å². The molecule has 0 heterocycles. The molecule has 0 N–H and O–H groups in total. The Morgan fingerprint density at radius 1 is 1.38 bits per heavy atom. The van der Waals surface area contributed by atoms with Crippen LogP contribution in [0.2, 0.25) is 0 Å². The van der Waals surface area contributed by atoms with Crippen LogP contribution in [0.5, 0.6) is 0 Å². The molecule has 0 amide bonds. The molecule has 0 radical (unpaired) electrons. The summed E-state index contributed by atoms with van der Waals surface area (Å²) in [6.45, 7) is 6.74. The van der Waals surface area contributed by atoms with Crippen LogP contribution in [-0.2, 0) is 9.59 Å². The molecular formula is C11H14O2. The zero-order valence-electron chi connectivity index (χ0n) is 8.09. The van der Waals surface area contributed by atoms with Gasteiger partial charge >= 0.3 is 0 Å². The molecule has 70 valence electrons. The van der Waals surface area contributed by atoms with Crippen LogP contribution in [-0.4, -0.2) is 11.6 Å². The predicted octanol–water partition coefficient (Wildman–Crippen LogP) is 2.06. The summed E-state index contributed by atoms with van der Waals surface area (Å²) in [6, 6.07) is 0. The maximum Gasteiger partial charge on any atom is 0.143 e. The summed E-state index contributed by atoms with van der Waals surface area (Å²) in [5.74, 6) is -0.101. The Kier molecular flexibility index (Phi) is 2.50. The lowest BCUT2D eigenvalue weighted by Crippen LogP contribution is -2.37. The molecule has 1 aliphatic rings. The molecule has 2 nitrogen and oxygen atoms in total. The molecule has 0 aliphatic heterocycles. The van der Waals surface area contributed by atoms with Gasteiger partial charge in [0.2, 0.25) is 0 Å². The lowest BCUT2D eigenvalue weighted by Gasteiger charge is -2.30. The summed E-state index contributed by atoms with van der Waals surface area (Å²) in [5.41, 5.74) is 0.0444. The van der Waals surface area contributed by atoms with Crippen molar-refractivity contribution in [3.8, 4) is 0 Å². The van der Waals surface area contributed by atoms with Crippen molar-refractivity contribution < 1.29 is 9.59 Å². The standard InChI is InChI=1S/C11H14O2/c1-8-5-4-6-11(7-8,9(2)12)10(3)13/h4-5H,1,6-7H2,2-3H3. The van der Waals surface area contributed by atoms with Crippen LogP contribution in [0.4, 0.5) is 0 Å². The molecule has 0 aromatic heterocycles. The van der Waals surface area contributed by atoms with E-state index in [0.29, 0.717) is 12.8 Å². The van der Waals surface area contributed by atoms with Crippen molar-refractivity contribution in [2.45, 2.75) is 26.7 Å².